The molecular formula is C15H15BrF3N3O2. The van der Waals surface area contributed by atoms with Gasteiger partial charge in [0.2, 0.25) is 5.91 Å². The van der Waals surface area contributed by atoms with E-state index in [0.29, 0.717) is 18.0 Å². The molecular weight excluding hydrogens is 391 g/mol. The molecule has 0 radical (unpaired) electrons. The van der Waals surface area contributed by atoms with Crippen molar-refractivity contribution in [3.8, 4) is 5.75 Å². The first-order chi connectivity index (χ1) is 11.2. The summed E-state index contributed by atoms with van der Waals surface area (Å²) in [6.07, 6.45) is -4.58. The number of nitrogens with zero attached hydrogens (tertiary/aromatic N) is 2. The normalized spacial score (nSPS) is 11.4. The summed E-state index contributed by atoms with van der Waals surface area (Å²) < 4.78 is 44.6. The first-order valence-corrected chi connectivity index (χ1v) is 7.84. The number of anilines is 1. The van der Waals surface area contributed by atoms with Crippen LogP contribution < -0.4 is 10.1 Å². The number of carbonyl (C=O) groups is 1. The molecule has 9 heteroatoms. The van der Waals surface area contributed by atoms with E-state index in [0.717, 1.165) is 4.68 Å². The molecule has 0 saturated heterocycles. The fraction of sp³-hybridized carbons (Fsp3) is 0.333. The summed E-state index contributed by atoms with van der Waals surface area (Å²) in [6, 6.07) is 6.68. The van der Waals surface area contributed by atoms with Gasteiger partial charge >= 0.3 is 6.18 Å². The van der Waals surface area contributed by atoms with Crippen LogP contribution in [0.5, 0.6) is 5.75 Å². The van der Waals surface area contributed by atoms with Gasteiger partial charge in [0.15, 0.2) is 5.69 Å². The van der Waals surface area contributed by atoms with E-state index >= 15 is 0 Å². The Morgan fingerprint density at radius 1 is 1.33 bits per heavy atom. The van der Waals surface area contributed by atoms with Gasteiger partial charge in [0.1, 0.15) is 12.3 Å². The average molecular weight is 406 g/mol. The topological polar surface area (TPSA) is 56.1 Å². The molecule has 1 aromatic carbocycles. The van der Waals surface area contributed by atoms with Gasteiger partial charge in [0.05, 0.1) is 16.8 Å². The molecule has 1 aromatic heterocycles. The summed E-state index contributed by atoms with van der Waals surface area (Å²) in [7, 11) is 0. The predicted molar refractivity (Wildman–Crippen MR) is 85.9 cm³/mol. The number of aromatic nitrogens is 2. The fourth-order valence-electron chi connectivity index (χ4n) is 2.00. The third-order valence-electron chi connectivity index (χ3n) is 3.14. The summed E-state index contributed by atoms with van der Waals surface area (Å²) >= 11 is 2.87. The zero-order chi connectivity index (χ0) is 17.9. The summed E-state index contributed by atoms with van der Waals surface area (Å²) in [6.45, 7) is 3.51. The van der Waals surface area contributed by atoms with Crippen LogP contribution in [0, 0.1) is 6.92 Å². The number of amides is 1. The summed E-state index contributed by atoms with van der Waals surface area (Å²) in [5.74, 6) is 0.183. The number of halogens is 4. The van der Waals surface area contributed by atoms with Crippen molar-refractivity contribution in [1.29, 1.82) is 0 Å². The standard InChI is InChI=1S/C15H15BrF3N3O2/c1-3-24-11-6-4-10(5-7-11)20-12(23)8-22-9(2)13(16)14(21-22)15(17,18)19/h4-7H,3,8H2,1-2H3,(H,20,23). The van der Waals surface area contributed by atoms with Crippen LogP contribution in [0.1, 0.15) is 18.3 Å². The van der Waals surface area contributed by atoms with Gasteiger partial charge in [0.25, 0.3) is 0 Å². The molecule has 0 aliphatic heterocycles. The first-order valence-electron chi connectivity index (χ1n) is 7.05. The van der Waals surface area contributed by atoms with Crippen LogP contribution in [-0.4, -0.2) is 22.3 Å². The van der Waals surface area contributed by atoms with Crippen molar-refractivity contribution in [2.24, 2.45) is 0 Å². The Morgan fingerprint density at radius 2 is 1.96 bits per heavy atom. The van der Waals surface area contributed by atoms with Crippen molar-refractivity contribution >= 4 is 27.5 Å². The van der Waals surface area contributed by atoms with Crippen molar-refractivity contribution in [2.45, 2.75) is 26.6 Å². The molecule has 130 valence electrons. The smallest absolute Gasteiger partial charge is 0.436 e. The second-order valence-electron chi connectivity index (χ2n) is 4.91. The van der Waals surface area contributed by atoms with E-state index in [4.69, 9.17) is 4.74 Å². The lowest BCUT2D eigenvalue weighted by atomic mass is 10.3. The van der Waals surface area contributed by atoms with Gasteiger partial charge in [-0.25, -0.2) is 0 Å². The van der Waals surface area contributed by atoms with E-state index in [2.05, 4.69) is 26.3 Å². The molecule has 24 heavy (non-hydrogen) atoms. The Hall–Kier alpha value is -2.03. The number of rotatable bonds is 5. The number of hydrogen-bond acceptors (Lipinski definition) is 3. The minimum atomic E-state index is -4.58. The number of nitrogens with one attached hydrogen (secondary N) is 1. The van der Waals surface area contributed by atoms with E-state index in [-0.39, 0.29) is 16.7 Å². The SMILES string of the molecule is CCOc1ccc(NC(=O)Cn2nc(C(F)(F)F)c(Br)c2C)cc1. The third-order valence-corrected chi connectivity index (χ3v) is 4.09. The number of carbonyl (C=O) groups excluding carboxylic acids is 1. The molecule has 2 aromatic rings. The molecule has 0 fully saturated rings. The Kier molecular flexibility index (Phi) is 5.53. The zero-order valence-corrected chi connectivity index (χ0v) is 14.5. The Balaban J connectivity index is 2.07. The van der Waals surface area contributed by atoms with Crippen molar-refractivity contribution < 1.29 is 22.7 Å². The molecule has 0 aliphatic carbocycles. The second kappa shape index (κ2) is 7.25. The average Bonchev–Trinajstić information content (AvgIpc) is 2.78. The van der Waals surface area contributed by atoms with E-state index < -0.39 is 17.8 Å². The van der Waals surface area contributed by atoms with E-state index in [9.17, 15) is 18.0 Å². The van der Waals surface area contributed by atoms with Crippen molar-refractivity contribution in [3.63, 3.8) is 0 Å². The van der Waals surface area contributed by atoms with Crippen LogP contribution in [0.4, 0.5) is 18.9 Å². The highest BCUT2D eigenvalue weighted by Gasteiger charge is 2.38. The largest absolute Gasteiger partial charge is 0.494 e. The van der Waals surface area contributed by atoms with Crippen molar-refractivity contribution in [2.75, 3.05) is 11.9 Å². The highest BCUT2D eigenvalue weighted by Crippen LogP contribution is 2.35. The van der Waals surface area contributed by atoms with Crippen molar-refractivity contribution in [1.82, 2.24) is 9.78 Å². The minimum Gasteiger partial charge on any atom is -0.494 e. The number of alkyl halides is 3. The lowest BCUT2D eigenvalue weighted by Crippen LogP contribution is -2.20. The monoisotopic (exact) mass is 405 g/mol. The molecule has 0 unspecified atom stereocenters. The molecule has 0 atom stereocenters. The Labute approximate surface area is 144 Å². The van der Waals surface area contributed by atoms with Gasteiger partial charge in [-0.2, -0.15) is 18.3 Å². The van der Waals surface area contributed by atoms with Gasteiger partial charge in [0, 0.05) is 5.69 Å². The predicted octanol–water partition coefficient (Wildman–Crippen LogP) is 4.01. The highest BCUT2D eigenvalue weighted by atomic mass is 79.9. The van der Waals surface area contributed by atoms with Crippen LogP contribution in [0.2, 0.25) is 0 Å². The molecule has 1 heterocycles. The number of ether oxygens (including phenoxy) is 1. The maximum absolute atomic E-state index is 12.8. The quantitative estimate of drug-likeness (QED) is 0.817. The molecule has 0 aliphatic rings. The summed E-state index contributed by atoms with van der Waals surface area (Å²) in [5.41, 5.74) is -0.304. The molecule has 1 N–H and O–H groups in total. The van der Waals surface area contributed by atoms with Crippen LogP contribution in [0.3, 0.4) is 0 Å². The molecule has 1 amide bonds. The van der Waals surface area contributed by atoms with Gasteiger partial charge in [-0.15, -0.1) is 0 Å². The van der Waals surface area contributed by atoms with Crippen LogP contribution >= 0.6 is 15.9 Å². The Bertz CT molecular complexity index is 727. The summed E-state index contributed by atoms with van der Waals surface area (Å²) in [4.78, 5) is 12.0. The maximum Gasteiger partial charge on any atom is 0.436 e. The Morgan fingerprint density at radius 3 is 2.46 bits per heavy atom. The van der Waals surface area contributed by atoms with Gasteiger partial charge in [-0.1, -0.05) is 0 Å². The third kappa shape index (κ3) is 4.28. The molecule has 0 bridgehead atoms. The van der Waals surface area contributed by atoms with Gasteiger partial charge in [-0.3, -0.25) is 9.48 Å². The highest BCUT2D eigenvalue weighted by molar-refractivity contribution is 9.10. The number of benzene rings is 1. The second-order valence-corrected chi connectivity index (χ2v) is 5.70. The lowest BCUT2D eigenvalue weighted by Gasteiger charge is -2.08. The molecule has 2 rings (SSSR count). The van der Waals surface area contributed by atoms with Crippen LogP contribution in [0.25, 0.3) is 0 Å². The summed E-state index contributed by atoms with van der Waals surface area (Å²) in [5, 5.41) is 6.07. The first kappa shape index (κ1) is 18.3. The lowest BCUT2D eigenvalue weighted by molar-refractivity contribution is -0.142. The number of hydrogen-bond donors (Lipinski definition) is 1. The fourth-order valence-corrected chi connectivity index (χ4v) is 2.51. The maximum atomic E-state index is 12.8. The van der Waals surface area contributed by atoms with E-state index in [1.165, 1.54) is 6.92 Å². The molecule has 5 nitrogen and oxygen atoms in total. The van der Waals surface area contributed by atoms with Crippen LogP contribution in [-0.2, 0) is 17.5 Å². The van der Waals surface area contributed by atoms with Crippen molar-refractivity contribution in [3.05, 3.63) is 40.1 Å². The zero-order valence-electron chi connectivity index (χ0n) is 12.9. The van der Waals surface area contributed by atoms with E-state index in [1.807, 2.05) is 6.92 Å². The van der Waals surface area contributed by atoms with Gasteiger partial charge in [-0.05, 0) is 54.0 Å². The van der Waals surface area contributed by atoms with Crippen LogP contribution in [0.15, 0.2) is 28.7 Å². The molecule has 0 spiro atoms. The minimum absolute atomic E-state index is 0.163. The molecule has 0 saturated carbocycles. The van der Waals surface area contributed by atoms with E-state index in [1.54, 1.807) is 24.3 Å². The van der Waals surface area contributed by atoms with Gasteiger partial charge < -0.3 is 10.1 Å².